The van der Waals surface area contributed by atoms with Gasteiger partial charge in [0, 0.05) is 11.5 Å². The molecule has 0 unspecified atom stereocenters. The quantitative estimate of drug-likeness (QED) is 0.361. The molecule has 0 aliphatic carbocycles. The lowest BCUT2D eigenvalue weighted by atomic mass is 9.95. The summed E-state index contributed by atoms with van der Waals surface area (Å²) >= 11 is 0. The fraction of sp³-hybridized carbons (Fsp3) is 0.240. The number of hydrogen-bond acceptors (Lipinski definition) is 5. The molecule has 3 rings (SSSR count). The Morgan fingerprint density at radius 1 is 0.875 bits per heavy atom. The molecule has 1 N–H and O–H groups in total. The molecular formula is C25H26N2O5. The number of carbonyl (C=O) groups excluding carboxylic acids is 1. The molecule has 3 aromatic carbocycles. The van der Waals surface area contributed by atoms with Gasteiger partial charge in [0.1, 0.15) is 18.9 Å². The first-order valence-corrected chi connectivity index (χ1v) is 10.2. The third-order valence-corrected chi connectivity index (χ3v) is 4.66. The number of benzene rings is 3. The third kappa shape index (κ3) is 6.07. The van der Waals surface area contributed by atoms with Crippen LogP contribution in [0, 0.1) is 15.5 Å². The van der Waals surface area contributed by atoms with Crippen LogP contribution >= 0.6 is 0 Å². The summed E-state index contributed by atoms with van der Waals surface area (Å²) in [6.07, 6.45) is 0. The standard InChI is InChI=1S/C25H26N2O5/c1-25(2,3)24(28)26-20-14-22(31-16-18-10-6-4-7-11-18)23(15-21(20)27(29)30)32-17-19-12-8-5-9-13-19/h4-15H,16-17H2,1-3H3,(H,26,28). The first kappa shape index (κ1) is 22.8. The van der Waals surface area contributed by atoms with Gasteiger partial charge in [-0.3, -0.25) is 14.9 Å². The molecule has 0 spiro atoms. The summed E-state index contributed by atoms with van der Waals surface area (Å²) in [6.45, 7) is 5.66. The number of nitrogens with one attached hydrogen (secondary N) is 1. The minimum Gasteiger partial charge on any atom is -0.485 e. The number of amides is 1. The fourth-order valence-corrected chi connectivity index (χ4v) is 2.81. The molecule has 0 aliphatic rings. The summed E-state index contributed by atoms with van der Waals surface area (Å²) in [5.41, 5.74) is 0.915. The van der Waals surface area contributed by atoms with E-state index in [0.717, 1.165) is 11.1 Å². The molecule has 0 aromatic heterocycles. The van der Waals surface area contributed by atoms with E-state index in [1.165, 1.54) is 12.1 Å². The van der Waals surface area contributed by atoms with Crippen LogP contribution in [0.1, 0.15) is 31.9 Å². The van der Waals surface area contributed by atoms with Gasteiger partial charge in [-0.1, -0.05) is 81.4 Å². The monoisotopic (exact) mass is 434 g/mol. The van der Waals surface area contributed by atoms with Crippen molar-refractivity contribution in [1.29, 1.82) is 0 Å². The number of ether oxygens (including phenoxy) is 2. The predicted molar refractivity (Wildman–Crippen MR) is 123 cm³/mol. The maximum Gasteiger partial charge on any atom is 0.296 e. The van der Waals surface area contributed by atoms with Gasteiger partial charge in [0.2, 0.25) is 5.91 Å². The van der Waals surface area contributed by atoms with Crippen LogP contribution in [-0.4, -0.2) is 10.8 Å². The summed E-state index contributed by atoms with van der Waals surface area (Å²) in [6, 6.07) is 21.8. The number of carbonyl (C=O) groups is 1. The zero-order valence-electron chi connectivity index (χ0n) is 18.3. The van der Waals surface area contributed by atoms with E-state index in [9.17, 15) is 14.9 Å². The lowest BCUT2D eigenvalue weighted by molar-refractivity contribution is -0.384. The molecule has 0 saturated carbocycles. The van der Waals surface area contributed by atoms with Crippen LogP contribution in [0.4, 0.5) is 11.4 Å². The molecule has 166 valence electrons. The molecule has 32 heavy (non-hydrogen) atoms. The second kappa shape index (κ2) is 9.96. The minimum atomic E-state index is -0.721. The number of anilines is 1. The summed E-state index contributed by atoms with van der Waals surface area (Å²) in [5, 5.41) is 14.4. The highest BCUT2D eigenvalue weighted by Gasteiger charge is 2.27. The zero-order valence-corrected chi connectivity index (χ0v) is 18.3. The van der Waals surface area contributed by atoms with Crippen LogP contribution in [0.25, 0.3) is 0 Å². The van der Waals surface area contributed by atoms with E-state index in [1.54, 1.807) is 20.8 Å². The molecule has 0 fully saturated rings. The predicted octanol–water partition coefficient (Wildman–Crippen LogP) is 5.74. The molecule has 1 amide bonds. The summed E-state index contributed by atoms with van der Waals surface area (Å²) in [4.78, 5) is 23.7. The molecule has 0 heterocycles. The Morgan fingerprint density at radius 3 is 1.78 bits per heavy atom. The molecule has 3 aromatic rings. The van der Waals surface area contributed by atoms with E-state index in [4.69, 9.17) is 9.47 Å². The van der Waals surface area contributed by atoms with Crippen molar-refractivity contribution >= 4 is 17.3 Å². The Bertz CT molecular complexity index is 1080. The summed E-state index contributed by atoms with van der Waals surface area (Å²) < 4.78 is 11.8. The number of hydrogen-bond donors (Lipinski definition) is 1. The van der Waals surface area contributed by atoms with Crippen LogP contribution in [0.5, 0.6) is 11.5 Å². The minimum absolute atomic E-state index is 0.0602. The first-order chi connectivity index (χ1) is 15.2. The largest absolute Gasteiger partial charge is 0.485 e. The van der Waals surface area contributed by atoms with Gasteiger partial charge in [0.25, 0.3) is 5.69 Å². The van der Waals surface area contributed by atoms with Crippen molar-refractivity contribution in [2.24, 2.45) is 5.41 Å². The third-order valence-electron chi connectivity index (χ3n) is 4.66. The summed E-state index contributed by atoms with van der Waals surface area (Å²) in [5.74, 6) is 0.192. The van der Waals surface area contributed by atoms with Crippen LogP contribution in [0.15, 0.2) is 72.8 Å². The lowest BCUT2D eigenvalue weighted by Crippen LogP contribution is -2.28. The van der Waals surface area contributed by atoms with Crippen LogP contribution in [0.2, 0.25) is 0 Å². The molecule has 7 heteroatoms. The van der Waals surface area contributed by atoms with Gasteiger partial charge in [-0.25, -0.2) is 0 Å². The average Bonchev–Trinajstić information content (AvgIpc) is 2.77. The summed E-state index contributed by atoms with van der Waals surface area (Å²) in [7, 11) is 0. The highest BCUT2D eigenvalue weighted by atomic mass is 16.6. The molecule has 7 nitrogen and oxygen atoms in total. The first-order valence-electron chi connectivity index (χ1n) is 10.2. The van der Waals surface area contributed by atoms with Crippen LogP contribution < -0.4 is 14.8 Å². The molecule has 0 aliphatic heterocycles. The topological polar surface area (TPSA) is 90.7 Å². The Balaban J connectivity index is 1.95. The zero-order chi connectivity index (χ0) is 23.1. The van der Waals surface area contributed by atoms with E-state index in [0.29, 0.717) is 5.75 Å². The number of nitro benzene ring substituents is 1. The van der Waals surface area contributed by atoms with Crippen molar-refractivity contribution in [2.75, 3.05) is 5.32 Å². The van der Waals surface area contributed by atoms with Gasteiger partial charge in [0.05, 0.1) is 11.0 Å². The normalized spacial score (nSPS) is 11.0. The molecular weight excluding hydrogens is 408 g/mol. The van der Waals surface area contributed by atoms with E-state index in [2.05, 4.69) is 5.32 Å². The second-order valence-corrected chi connectivity index (χ2v) is 8.33. The number of nitro groups is 1. The van der Waals surface area contributed by atoms with Gasteiger partial charge in [-0.2, -0.15) is 0 Å². The van der Waals surface area contributed by atoms with Gasteiger partial charge in [-0.15, -0.1) is 0 Å². The highest BCUT2D eigenvalue weighted by Crippen LogP contribution is 2.39. The van der Waals surface area contributed by atoms with Crippen molar-refractivity contribution in [1.82, 2.24) is 0 Å². The van der Waals surface area contributed by atoms with E-state index in [1.807, 2.05) is 60.7 Å². The average molecular weight is 434 g/mol. The SMILES string of the molecule is CC(C)(C)C(=O)Nc1cc(OCc2ccccc2)c(OCc2ccccc2)cc1[N+](=O)[O-]. The highest BCUT2D eigenvalue weighted by molar-refractivity contribution is 5.97. The lowest BCUT2D eigenvalue weighted by Gasteiger charge is -2.19. The van der Waals surface area contributed by atoms with Crippen molar-refractivity contribution in [2.45, 2.75) is 34.0 Å². The second-order valence-electron chi connectivity index (χ2n) is 8.33. The molecule has 0 bridgehead atoms. The van der Waals surface area contributed by atoms with Crippen molar-refractivity contribution in [3.63, 3.8) is 0 Å². The Kier molecular flexibility index (Phi) is 7.10. The molecule has 0 atom stereocenters. The van der Waals surface area contributed by atoms with E-state index >= 15 is 0 Å². The Morgan fingerprint density at radius 2 is 1.34 bits per heavy atom. The fourth-order valence-electron chi connectivity index (χ4n) is 2.81. The molecule has 0 saturated heterocycles. The molecule has 0 radical (unpaired) electrons. The van der Waals surface area contributed by atoms with Crippen molar-refractivity contribution in [3.8, 4) is 11.5 Å². The van der Waals surface area contributed by atoms with Crippen LogP contribution in [-0.2, 0) is 18.0 Å². The van der Waals surface area contributed by atoms with Gasteiger partial charge >= 0.3 is 0 Å². The van der Waals surface area contributed by atoms with Gasteiger partial charge < -0.3 is 14.8 Å². The van der Waals surface area contributed by atoms with Crippen LogP contribution in [0.3, 0.4) is 0 Å². The number of nitrogens with zero attached hydrogens (tertiary/aromatic N) is 1. The maximum absolute atomic E-state index is 12.5. The van der Waals surface area contributed by atoms with Gasteiger partial charge in [-0.05, 0) is 11.1 Å². The Hall–Kier alpha value is -3.87. The van der Waals surface area contributed by atoms with Crippen molar-refractivity contribution < 1.29 is 19.2 Å². The Labute approximate surface area is 187 Å². The van der Waals surface area contributed by atoms with Crippen molar-refractivity contribution in [3.05, 3.63) is 94.0 Å². The maximum atomic E-state index is 12.5. The van der Waals surface area contributed by atoms with E-state index in [-0.39, 0.29) is 36.2 Å². The number of rotatable bonds is 8. The van der Waals surface area contributed by atoms with E-state index < -0.39 is 10.3 Å². The smallest absolute Gasteiger partial charge is 0.296 e. The van der Waals surface area contributed by atoms with Gasteiger partial charge in [0.15, 0.2) is 11.5 Å².